The van der Waals surface area contributed by atoms with Crippen LogP contribution < -0.4 is 0 Å². The molecule has 0 aliphatic carbocycles. The first-order valence-corrected chi connectivity index (χ1v) is 6.73. The molecule has 0 aromatic heterocycles. The van der Waals surface area contributed by atoms with Crippen LogP contribution in [0.3, 0.4) is 0 Å². The lowest BCUT2D eigenvalue weighted by atomic mass is 10.1. The highest BCUT2D eigenvalue weighted by Crippen LogP contribution is 2.30. The Hall–Kier alpha value is -1.22. The summed E-state index contributed by atoms with van der Waals surface area (Å²) in [6.07, 6.45) is 3.02. The predicted molar refractivity (Wildman–Crippen MR) is 72.1 cm³/mol. The highest BCUT2D eigenvalue weighted by Gasteiger charge is 2.34. The van der Waals surface area contributed by atoms with E-state index in [0.717, 1.165) is 19.3 Å². The molecular weight excluding hydrogens is 250 g/mol. The summed E-state index contributed by atoms with van der Waals surface area (Å²) in [7, 11) is 0. The van der Waals surface area contributed by atoms with Gasteiger partial charge in [-0.1, -0.05) is 18.5 Å². The van der Waals surface area contributed by atoms with Crippen LogP contribution in [-0.2, 0) is 0 Å². The fourth-order valence-electron chi connectivity index (χ4n) is 2.65. The molecule has 0 bridgehead atoms. The van der Waals surface area contributed by atoms with Crippen LogP contribution in [0.2, 0.25) is 5.02 Å². The topological polar surface area (TPSA) is 40.5 Å². The normalized spacial score (nSPS) is 23.4. The molecule has 3 nitrogen and oxygen atoms in total. The SMILES string of the molecule is CCC1CCC(C)N1C(=O)c1cc(O)ccc1Cl. The van der Waals surface area contributed by atoms with E-state index in [-0.39, 0.29) is 23.7 Å². The van der Waals surface area contributed by atoms with Crippen LogP contribution in [0.4, 0.5) is 0 Å². The van der Waals surface area contributed by atoms with Crippen molar-refractivity contribution >= 4 is 17.5 Å². The van der Waals surface area contributed by atoms with Gasteiger partial charge in [-0.2, -0.15) is 0 Å². The second-order valence-electron chi connectivity index (χ2n) is 4.87. The lowest BCUT2D eigenvalue weighted by molar-refractivity contribution is 0.0676. The Kier molecular flexibility index (Phi) is 3.81. The maximum absolute atomic E-state index is 12.5. The molecule has 1 N–H and O–H groups in total. The Balaban J connectivity index is 2.32. The average molecular weight is 268 g/mol. The van der Waals surface area contributed by atoms with Gasteiger partial charge in [-0.25, -0.2) is 0 Å². The van der Waals surface area contributed by atoms with Gasteiger partial charge in [0, 0.05) is 12.1 Å². The van der Waals surface area contributed by atoms with E-state index in [4.69, 9.17) is 11.6 Å². The van der Waals surface area contributed by atoms with Gasteiger partial charge in [0.2, 0.25) is 0 Å². The molecule has 1 saturated heterocycles. The monoisotopic (exact) mass is 267 g/mol. The molecule has 2 atom stereocenters. The number of phenolic OH excluding ortho intramolecular Hbond substituents is 1. The summed E-state index contributed by atoms with van der Waals surface area (Å²) in [4.78, 5) is 14.4. The Bertz CT molecular complexity index is 461. The van der Waals surface area contributed by atoms with Crippen LogP contribution >= 0.6 is 11.6 Å². The number of benzene rings is 1. The fraction of sp³-hybridized carbons (Fsp3) is 0.500. The number of amides is 1. The Morgan fingerprint density at radius 3 is 2.89 bits per heavy atom. The first-order chi connectivity index (χ1) is 8.54. The number of halogens is 1. The number of carbonyl (C=O) groups excluding carboxylic acids is 1. The first-order valence-electron chi connectivity index (χ1n) is 6.35. The van der Waals surface area contributed by atoms with Crippen molar-refractivity contribution in [1.82, 2.24) is 4.90 Å². The van der Waals surface area contributed by atoms with Crippen molar-refractivity contribution in [3.05, 3.63) is 28.8 Å². The van der Waals surface area contributed by atoms with Crippen LogP contribution in [0.1, 0.15) is 43.5 Å². The number of rotatable bonds is 2. The van der Waals surface area contributed by atoms with Gasteiger partial charge < -0.3 is 10.0 Å². The van der Waals surface area contributed by atoms with E-state index in [1.807, 2.05) is 4.90 Å². The summed E-state index contributed by atoms with van der Waals surface area (Å²) in [5.41, 5.74) is 0.392. The molecule has 18 heavy (non-hydrogen) atoms. The van der Waals surface area contributed by atoms with Crippen LogP contribution in [0, 0.1) is 0 Å². The first kappa shape index (κ1) is 13.2. The van der Waals surface area contributed by atoms with E-state index in [2.05, 4.69) is 13.8 Å². The standard InChI is InChI=1S/C14H18ClNO2/c1-3-10-5-4-9(2)16(10)14(18)12-8-11(17)6-7-13(12)15/h6-10,17H,3-5H2,1-2H3. The molecule has 4 heteroatoms. The van der Waals surface area contributed by atoms with Crippen LogP contribution in [0.25, 0.3) is 0 Å². The Labute approximate surface area is 112 Å². The molecule has 1 heterocycles. The van der Waals surface area contributed by atoms with Gasteiger partial charge in [-0.3, -0.25) is 4.79 Å². The van der Waals surface area contributed by atoms with Gasteiger partial charge in [-0.05, 0) is 44.4 Å². The van der Waals surface area contributed by atoms with E-state index < -0.39 is 0 Å². The number of carbonyl (C=O) groups is 1. The van der Waals surface area contributed by atoms with Crippen molar-refractivity contribution in [3.63, 3.8) is 0 Å². The number of phenols is 1. The molecule has 98 valence electrons. The fourth-order valence-corrected chi connectivity index (χ4v) is 2.85. The van der Waals surface area contributed by atoms with Crippen molar-refractivity contribution in [2.45, 2.75) is 45.2 Å². The van der Waals surface area contributed by atoms with Gasteiger partial charge >= 0.3 is 0 Å². The van der Waals surface area contributed by atoms with Crippen molar-refractivity contribution in [1.29, 1.82) is 0 Å². The molecule has 1 aliphatic rings. The van der Waals surface area contributed by atoms with E-state index in [0.29, 0.717) is 10.6 Å². The summed E-state index contributed by atoms with van der Waals surface area (Å²) >= 11 is 6.05. The third-order valence-electron chi connectivity index (χ3n) is 3.67. The molecule has 1 aromatic carbocycles. The Morgan fingerprint density at radius 2 is 2.22 bits per heavy atom. The number of hydrogen-bond donors (Lipinski definition) is 1. The molecule has 0 radical (unpaired) electrons. The number of aromatic hydroxyl groups is 1. The zero-order valence-corrected chi connectivity index (χ0v) is 11.4. The molecular formula is C14H18ClNO2. The molecule has 2 rings (SSSR count). The van der Waals surface area contributed by atoms with E-state index in [9.17, 15) is 9.90 Å². The predicted octanol–water partition coefficient (Wildman–Crippen LogP) is 3.45. The molecule has 0 saturated carbocycles. The molecule has 2 unspecified atom stereocenters. The quantitative estimate of drug-likeness (QED) is 0.892. The molecule has 0 spiro atoms. The van der Waals surface area contributed by atoms with Crippen LogP contribution in [-0.4, -0.2) is 28.0 Å². The third-order valence-corrected chi connectivity index (χ3v) is 4.00. The number of likely N-dealkylation sites (tertiary alicyclic amines) is 1. The number of hydrogen-bond acceptors (Lipinski definition) is 2. The van der Waals surface area contributed by atoms with Gasteiger partial charge in [0.05, 0.1) is 10.6 Å². The molecule has 1 fully saturated rings. The van der Waals surface area contributed by atoms with Crippen molar-refractivity contribution in [2.24, 2.45) is 0 Å². The zero-order valence-electron chi connectivity index (χ0n) is 10.7. The van der Waals surface area contributed by atoms with E-state index in [1.165, 1.54) is 12.1 Å². The van der Waals surface area contributed by atoms with E-state index >= 15 is 0 Å². The maximum atomic E-state index is 12.5. The second kappa shape index (κ2) is 5.19. The van der Waals surface area contributed by atoms with Gasteiger partial charge in [0.25, 0.3) is 5.91 Å². The van der Waals surface area contributed by atoms with Crippen LogP contribution in [0.15, 0.2) is 18.2 Å². The van der Waals surface area contributed by atoms with Crippen molar-refractivity contribution in [2.75, 3.05) is 0 Å². The number of nitrogens with zero attached hydrogens (tertiary/aromatic N) is 1. The van der Waals surface area contributed by atoms with Gasteiger partial charge in [0.15, 0.2) is 0 Å². The van der Waals surface area contributed by atoms with Crippen LogP contribution in [0.5, 0.6) is 5.75 Å². The maximum Gasteiger partial charge on any atom is 0.255 e. The summed E-state index contributed by atoms with van der Waals surface area (Å²) in [6.45, 7) is 4.15. The highest BCUT2D eigenvalue weighted by molar-refractivity contribution is 6.33. The molecule has 1 aliphatic heterocycles. The summed E-state index contributed by atoms with van der Waals surface area (Å²) < 4.78 is 0. The third kappa shape index (κ3) is 2.32. The molecule has 1 amide bonds. The summed E-state index contributed by atoms with van der Waals surface area (Å²) in [5, 5.41) is 9.88. The summed E-state index contributed by atoms with van der Waals surface area (Å²) in [5.74, 6) is -0.00426. The summed E-state index contributed by atoms with van der Waals surface area (Å²) in [6, 6.07) is 5.02. The van der Waals surface area contributed by atoms with Gasteiger partial charge in [0.1, 0.15) is 5.75 Å². The largest absolute Gasteiger partial charge is 0.508 e. The minimum atomic E-state index is -0.0762. The minimum Gasteiger partial charge on any atom is -0.508 e. The Morgan fingerprint density at radius 1 is 1.50 bits per heavy atom. The smallest absolute Gasteiger partial charge is 0.255 e. The minimum absolute atomic E-state index is 0.0719. The lowest BCUT2D eigenvalue weighted by Crippen LogP contribution is -2.39. The zero-order chi connectivity index (χ0) is 13.3. The van der Waals surface area contributed by atoms with E-state index in [1.54, 1.807) is 6.07 Å². The highest BCUT2D eigenvalue weighted by atomic mass is 35.5. The van der Waals surface area contributed by atoms with Gasteiger partial charge in [-0.15, -0.1) is 0 Å². The second-order valence-corrected chi connectivity index (χ2v) is 5.27. The lowest BCUT2D eigenvalue weighted by Gasteiger charge is -2.28. The van der Waals surface area contributed by atoms with Crippen molar-refractivity contribution < 1.29 is 9.90 Å². The van der Waals surface area contributed by atoms with Crippen molar-refractivity contribution in [3.8, 4) is 5.75 Å². The average Bonchev–Trinajstić information content (AvgIpc) is 2.72. The molecule has 1 aromatic rings.